The highest BCUT2D eigenvalue weighted by molar-refractivity contribution is 6.32. The third kappa shape index (κ3) is 2.94. The van der Waals surface area contributed by atoms with Crippen molar-refractivity contribution in [2.75, 3.05) is 21.2 Å². The number of nitrogens with zero attached hydrogens (tertiary/aromatic N) is 1. The van der Waals surface area contributed by atoms with Crippen molar-refractivity contribution in [1.29, 1.82) is 0 Å². The summed E-state index contributed by atoms with van der Waals surface area (Å²) >= 11 is 0. The Bertz CT molecular complexity index is 1380. The summed E-state index contributed by atoms with van der Waals surface area (Å²) in [7, 11) is 4.58. The van der Waals surface area contributed by atoms with E-state index in [1.54, 1.807) is 38.4 Å². The van der Waals surface area contributed by atoms with Crippen LogP contribution in [-0.4, -0.2) is 77.0 Å². The number of aromatic hydroxyl groups is 1. The second-order valence-electron chi connectivity index (χ2n) is 10.1. The van der Waals surface area contributed by atoms with Crippen molar-refractivity contribution in [2.24, 2.45) is 29.4 Å². The topological polar surface area (TPSA) is 164 Å². The molecule has 0 aromatic heterocycles. The van der Waals surface area contributed by atoms with Crippen LogP contribution in [-0.2, 0) is 25.6 Å². The van der Waals surface area contributed by atoms with Gasteiger partial charge in [0.25, 0.3) is 0 Å². The van der Waals surface area contributed by atoms with E-state index < -0.39 is 64.4 Å². The maximum absolute atomic E-state index is 13.8. The van der Waals surface area contributed by atoms with Gasteiger partial charge in [-0.3, -0.25) is 28.9 Å². The number of carbonyl (C=O) groups excluding carboxylic acids is 5. The molecule has 10 heteroatoms. The molecule has 0 saturated heterocycles. The molecule has 10 nitrogen and oxygen atoms in total. The highest BCUT2D eigenvalue weighted by Gasteiger charge is 2.69. The number of carbonyl (C=O) groups is 5. The third-order valence-corrected chi connectivity index (χ3v) is 8.09. The molecule has 0 radical (unpaired) electrons. The van der Waals surface area contributed by atoms with Crippen LogP contribution in [0.3, 0.4) is 0 Å². The molecular weight excluding hydrogens is 468 g/mol. The van der Waals surface area contributed by atoms with Gasteiger partial charge in [0.1, 0.15) is 11.5 Å². The molecule has 3 aliphatic rings. The molecule has 3 aliphatic carbocycles. The molecule has 2 saturated carbocycles. The zero-order chi connectivity index (χ0) is 26.3. The summed E-state index contributed by atoms with van der Waals surface area (Å²) < 4.78 is 5.40. The van der Waals surface area contributed by atoms with Crippen molar-refractivity contribution in [3.05, 3.63) is 35.4 Å². The van der Waals surface area contributed by atoms with E-state index in [2.05, 4.69) is 0 Å². The molecule has 5 rings (SSSR count). The van der Waals surface area contributed by atoms with Crippen molar-refractivity contribution in [3.63, 3.8) is 0 Å². The maximum atomic E-state index is 13.8. The lowest BCUT2D eigenvalue weighted by Crippen LogP contribution is -2.74. The van der Waals surface area contributed by atoms with E-state index in [-0.39, 0.29) is 24.2 Å². The molecule has 2 aromatic rings. The number of methoxy groups -OCH3 is 1. The van der Waals surface area contributed by atoms with Crippen LogP contribution < -0.4 is 10.5 Å². The second kappa shape index (κ2) is 7.94. The molecule has 0 bridgehead atoms. The zero-order valence-electron chi connectivity index (χ0n) is 20.0. The van der Waals surface area contributed by atoms with E-state index in [0.717, 1.165) is 0 Å². The molecule has 6 atom stereocenters. The lowest BCUT2D eigenvalue weighted by Gasteiger charge is -2.52. The molecule has 36 heavy (non-hydrogen) atoms. The van der Waals surface area contributed by atoms with E-state index in [9.17, 15) is 34.2 Å². The highest BCUT2D eigenvalue weighted by Crippen LogP contribution is 2.51. The number of nitrogens with two attached hydrogens (primary N) is 1. The average Bonchev–Trinajstić information content (AvgIpc) is 2.80. The maximum Gasteiger partial charge on any atom is 0.235 e. The van der Waals surface area contributed by atoms with Crippen molar-refractivity contribution in [2.45, 2.75) is 24.5 Å². The molecule has 0 spiro atoms. The molecule has 188 valence electrons. The number of amides is 1. The number of fused-ring (bicyclic) bond motifs is 4. The van der Waals surface area contributed by atoms with Gasteiger partial charge < -0.3 is 20.7 Å². The van der Waals surface area contributed by atoms with Crippen molar-refractivity contribution >= 4 is 39.8 Å². The van der Waals surface area contributed by atoms with E-state index in [1.165, 1.54) is 12.0 Å². The second-order valence-corrected chi connectivity index (χ2v) is 10.1. The molecule has 1 amide bonds. The fourth-order valence-electron chi connectivity index (χ4n) is 6.55. The number of aliphatic hydroxyl groups is 1. The van der Waals surface area contributed by atoms with Crippen molar-refractivity contribution < 1.29 is 38.9 Å². The number of ether oxygens (including phenoxy) is 1. The smallest absolute Gasteiger partial charge is 0.235 e. The lowest BCUT2D eigenvalue weighted by molar-refractivity contribution is -0.181. The standard InChI is InChI=1S/C26H26N2O8/c1-28(2)19-14-9-11-7-10-8-13-12(5-4-6-15(13)36-3)20(29)16(10)21(30)17(11)23(32)26(14,35)24(33)18(22(19)31)25(27)34/h4-6,8,11,14,17-19,29,35H,7,9H2,1-3H3,(H2,27,34)/t11-,14-,17?,18?,19-,26-/m0/s1. The summed E-state index contributed by atoms with van der Waals surface area (Å²) in [6.07, 6.45) is 0.210. The predicted octanol–water partition coefficient (Wildman–Crippen LogP) is 0.0288. The summed E-state index contributed by atoms with van der Waals surface area (Å²) in [4.78, 5) is 67.3. The van der Waals surface area contributed by atoms with Crippen LogP contribution in [0.5, 0.6) is 11.5 Å². The summed E-state index contributed by atoms with van der Waals surface area (Å²) in [5.41, 5.74) is 3.07. The van der Waals surface area contributed by atoms with Crippen LogP contribution in [0.15, 0.2) is 24.3 Å². The number of hydrogen-bond acceptors (Lipinski definition) is 9. The van der Waals surface area contributed by atoms with Crippen LogP contribution in [0, 0.1) is 23.7 Å². The van der Waals surface area contributed by atoms with Gasteiger partial charge >= 0.3 is 0 Å². The molecule has 2 fully saturated rings. The Kier molecular flexibility index (Phi) is 5.31. The molecular formula is C26H26N2O8. The minimum atomic E-state index is -2.73. The van der Waals surface area contributed by atoms with Gasteiger partial charge in [0.2, 0.25) is 5.91 Å². The van der Waals surface area contributed by atoms with Crippen LogP contribution in [0.1, 0.15) is 22.3 Å². The number of primary amides is 1. The predicted molar refractivity (Wildman–Crippen MR) is 125 cm³/mol. The molecule has 4 N–H and O–H groups in total. The number of Topliss-reactive ketones (excluding diaryl/α,β-unsaturated/α-hetero) is 4. The minimum absolute atomic E-state index is 0.00855. The van der Waals surface area contributed by atoms with E-state index in [0.29, 0.717) is 22.1 Å². The van der Waals surface area contributed by atoms with Gasteiger partial charge in [-0.15, -0.1) is 0 Å². The van der Waals surface area contributed by atoms with Crippen LogP contribution in [0.4, 0.5) is 0 Å². The summed E-state index contributed by atoms with van der Waals surface area (Å²) in [5, 5.41) is 23.6. The van der Waals surface area contributed by atoms with Crippen LogP contribution >= 0.6 is 0 Å². The number of phenolic OH excluding ortho intramolecular Hbond substituents is 1. The summed E-state index contributed by atoms with van der Waals surface area (Å²) in [6.45, 7) is 0. The SMILES string of the molecule is COc1cccc2c(O)c3c(cc12)C[C@H]1C[C@H]2[C@H](N(C)C)C(=O)C(C(N)=O)C(=O)[C@@]2(O)C(=O)C1C3=O. The van der Waals surface area contributed by atoms with Gasteiger partial charge in [-0.25, -0.2) is 0 Å². The number of likely N-dealkylation sites (N-methyl/N-ethyl adjacent to an activating group) is 1. The molecule has 2 aromatic carbocycles. The molecule has 2 unspecified atom stereocenters. The van der Waals surface area contributed by atoms with Crippen LogP contribution in [0.25, 0.3) is 10.8 Å². The van der Waals surface area contributed by atoms with E-state index in [1.807, 2.05) is 0 Å². The average molecular weight is 495 g/mol. The number of hydrogen-bond donors (Lipinski definition) is 3. The monoisotopic (exact) mass is 494 g/mol. The Morgan fingerprint density at radius 2 is 1.83 bits per heavy atom. The third-order valence-electron chi connectivity index (χ3n) is 8.09. The van der Waals surface area contributed by atoms with Gasteiger partial charge in [0.05, 0.1) is 24.6 Å². The quantitative estimate of drug-likeness (QED) is 0.499. The summed E-state index contributed by atoms with van der Waals surface area (Å²) in [6, 6.07) is 5.62. The van der Waals surface area contributed by atoms with Crippen molar-refractivity contribution in [1.82, 2.24) is 4.90 Å². The van der Waals surface area contributed by atoms with E-state index >= 15 is 0 Å². The zero-order valence-corrected chi connectivity index (χ0v) is 20.0. The Morgan fingerprint density at radius 1 is 1.14 bits per heavy atom. The molecule has 0 heterocycles. The lowest BCUT2D eigenvalue weighted by atomic mass is 9.52. The van der Waals surface area contributed by atoms with Crippen LogP contribution in [0.2, 0.25) is 0 Å². The van der Waals surface area contributed by atoms with Crippen molar-refractivity contribution in [3.8, 4) is 11.5 Å². The van der Waals surface area contributed by atoms with Gasteiger partial charge in [-0.1, -0.05) is 12.1 Å². The first-order valence-electron chi connectivity index (χ1n) is 11.6. The van der Waals surface area contributed by atoms with Gasteiger partial charge in [0, 0.05) is 16.7 Å². The minimum Gasteiger partial charge on any atom is -0.507 e. The highest BCUT2D eigenvalue weighted by atomic mass is 16.5. The number of rotatable bonds is 3. The first-order chi connectivity index (χ1) is 16.9. The Labute approximate surface area is 206 Å². The first-order valence-corrected chi connectivity index (χ1v) is 11.6. The fraction of sp³-hybridized carbons (Fsp3) is 0.423. The Hall–Kier alpha value is -3.63. The fourth-order valence-corrected chi connectivity index (χ4v) is 6.55. The normalized spacial score (nSPS) is 31.8. The first kappa shape index (κ1) is 24.1. The molecule has 0 aliphatic heterocycles. The number of benzene rings is 2. The summed E-state index contributed by atoms with van der Waals surface area (Å²) in [5.74, 6) is -10.1. The van der Waals surface area contributed by atoms with Gasteiger partial charge in [-0.2, -0.15) is 0 Å². The number of phenols is 1. The van der Waals surface area contributed by atoms with Gasteiger partial charge in [-0.05, 0) is 50.6 Å². The Morgan fingerprint density at radius 3 is 2.44 bits per heavy atom. The van der Waals surface area contributed by atoms with Gasteiger partial charge in [0.15, 0.2) is 34.7 Å². The Balaban J connectivity index is 1.68. The van der Waals surface area contributed by atoms with E-state index in [4.69, 9.17) is 10.5 Å². The number of ketones is 4. The largest absolute Gasteiger partial charge is 0.507 e.